The maximum absolute atomic E-state index is 14.0. The zero-order chi connectivity index (χ0) is 56.8. The van der Waals surface area contributed by atoms with Gasteiger partial charge in [-0.25, -0.2) is 19.5 Å². The summed E-state index contributed by atoms with van der Waals surface area (Å²) in [6.45, 7) is -4.38. The van der Waals surface area contributed by atoms with Gasteiger partial charge in [0.05, 0.1) is 44.4 Å². The highest BCUT2D eigenvalue weighted by Crippen LogP contribution is 2.58. The summed E-state index contributed by atoms with van der Waals surface area (Å²) < 4.78 is 50.9. The molecule has 7 N–H and O–H groups in total. The number of nitrogens with zero attached hydrogens (tertiary/aromatic N) is 7. The molecule has 2 unspecified atom stereocenters. The molecule has 29 nitrogen and oxygen atoms in total. The number of ether oxygens (including phenoxy) is 2. The number of aromatic nitrogens is 6. The normalized spacial score (nSPS) is 29.0. The molecular formula is C46H62N12O17P2S2. The maximum atomic E-state index is 14.0. The average Bonchev–Trinajstić information content (AvgIpc) is 4.22. The Hall–Kier alpha value is -5.59. The number of unbranched alkanes of at least 4 members (excludes halogenated alkanes) is 2. The third-order valence-electron chi connectivity index (χ3n) is 13.8. The van der Waals surface area contributed by atoms with E-state index in [-0.39, 0.29) is 80.2 Å². The number of imidazole rings is 1. The van der Waals surface area contributed by atoms with Crippen molar-refractivity contribution in [2.45, 2.75) is 133 Å². The van der Waals surface area contributed by atoms with Crippen LogP contribution in [0, 0.1) is 11.8 Å². The van der Waals surface area contributed by atoms with Crippen molar-refractivity contribution in [3.05, 3.63) is 47.4 Å². The number of likely N-dealkylation sites (tertiary alicyclic amines) is 1. The van der Waals surface area contributed by atoms with Crippen molar-refractivity contribution >= 4 is 96.0 Å². The number of nitrogens with one attached hydrogen (secondary N) is 5. The lowest BCUT2D eigenvalue weighted by molar-refractivity contribution is -0.196. The van der Waals surface area contributed by atoms with Crippen LogP contribution < -0.4 is 31.6 Å². The van der Waals surface area contributed by atoms with Crippen molar-refractivity contribution in [1.82, 2.24) is 55.2 Å². The lowest BCUT2D eigenvalue weighted by Crippen LogP contribution is -2.55. The zero-order valence-corrected chi connectivity index (χ0v) is 46.6. The Labute approximate surface area is 461 Å². The van der Waals surface area contributed by atoms with Gasteiger partial charge in [-0.15, -0.1) is 0 Å². The molecule has 1 saturated carbocycles. The quantitative estimate of drug-likeness (QED) is 0.0375. The molecule has 5 aliphatic heterocycles. The van der Waals surface area contributed by atoms with Gasteiger partial charge >= 0.3 is 13.5 Å². The summed E-state index contributed by atoms with van der Waals surface area (Å²) in [5.41, 5.74) is -1.24. The first-order valence-electron chi connectivity index (χ1n) is 25.6. The molecule has 2 bridgehead atoms. The fraction of sp³-hybridized carbons (Fsp3) is 0.609. The van der Waals surface area contributed by atoms with Crippen LogP contribution >= 0.6 is 25.8 Å². The summed E-state index contributed by atoms with van der Waals surface area (Å²) in [5.74, 6) is -4.86. The minimum Gasteiger partial charge on any atom is -0.474 e. The molecular weight excluding hydrogens is 1120 g/mol. The molecule has 0 aromatic carbocycles. The van der Waals surface area contributed by atoms with Gasteiger partial charge in [0.2, 0.25) is 41.4 Å². The Balaban J connectivity index is 0.866. The number of aromatic amines is 1. The minimum atomic E-state index is -4.37. The number of hydrogen-bond donors (Lipinski definition) is 8. The van der Waals surface area contributed by atoms with Crippen LogP contribution in [0.1, 0.15) is 84.8 Å². The SMILES string of the molecule is CC(C)[C@H](NC(=O)CCCCCN1C(=O)C=CC1=O)C(=O)N[C@@H](C)C(=O)NCC(=O)N1CCC[C@@H]1C(=O)Nc1nc2c(ncn2[C@@H]2O[C@H]3COP(O)(=S)O[C@H]4C[C@H](Oc5ccncn5)C[C@@H]4COP(=O)(S)O[C@@H]2[C@H](O)C3)c(=O)[nH]1. The molecule has 430 valence electrons. The Morgan fingerprint density at radius 3 is 2.49 bits per heavy atom. The van der Waals surface area contributed by atoms with Gasteiger partial charge in [-0.2, -0.15) is 4.98 Å². The van der Waals surface area contributed by atoms with Crippen molar-refractivity contribution in [2.24, 2.45) is 11.8 Å². The van der Waals surface area contributed by atoms with Crippen LogP contribution in [-0.4, -0.2) is 172 Å². The second-order valence-electron chi connectivity index (χ2n) is 19.9. The van der Waals surface area contributed by atoms with E-state index in [0.717, 1.165) is 11.2 Å². The number of amides is 7. The number of anilines is 1. The van der Waals surface area contributed by atoms with Crippen molar-refractivity contribution in [3.8, 4) is 5.88 Å². The first kappa shape index (κ1) is 59.5. The molecule has 7 amide bonds. The standard InChI is InChI=1S/C46H62N12O17P2S2/c1-24(2)37(52-32(60)9-5-4-6-14-57-34(61)10-11-35(57)62)43(66)51-25(3)41(64)48-19-36(63)56-15-7-8-29(56)42(65)54-46-53-40-38(44(67)55-46)50-23-58(40)45-39-30(59)17-28(73-45)21-71-76(68,78)74-31-18-27(72-33-12-13-47-22-49-33)16-26(31)20-70-77(69,79)75-39/h10-13,22-31,37,39,45,59H,4-9,14-21H2,1-3H3,(H,48,64)(H,51,66)(H,52,60)(H,68,78)(H,69,79)(H2,53,54,55,65,67)/t25-,26+,27+,28+,29+,30+,31-,37-,39+,45+,76?,77?/m0/s1. The highest BCUT2D eigenvalue weighted by molar-refractivity contribution is 8.44. The number of aliphatic hydroxyl groups is 1. The first-order chi connectivity index (χ1) is 37.5. The fourth-order valence-corrected chi connectivity index (χ4v) is 12.8. The topological polar surface area (TPSA) is 376 Å². The highest BCUT2D eigenvalue weighted by Gasteiger charge is 2.47. The smallest absolute Gasteiger partial charge is 0.386 e. The molecule has 79 heavy (non-hydrogen) atoms. The van der Waals surface area contributed by atoms with E-state index in [1.165, 1.54) is 41.1 Å². The number of aliphatic hydroxyl groups excluding tert-OH is 1. The van der Waals surface area contributed by atoms with Crippen LogP contribution in [0.25, 0.3) is 11.2 Å². The second kappa shape index (κ2) is 25.9. The Kier molecular flexibility index (Phi) is 19.5. The van der Waals surface area contributed by atoms with Gasteiger partial charge in [-0.1, -0.05) is 32.5 Å². The van der Waals surface area contributed by atoms with Gasteiger partial charge in [0, 0.05) is 62.7 Å². The Bertz CT molecular complexity index is 2960. The number of carbonyl (C=O) groups excluding carboxylic acids is 7. The Morgan fingerprint density at radius 2 is 1.76 bits per heavy atom. The molecule has 12 atom stereocenters. The average molecular weight is 1180 g/mol. The zero-order valence-electron chi connectivity index (χ0n) is 43.1. The highest BCUT2D eigenvalue weighted by atomic mass is 32.7. The molecule has 3 aromatic rings. The van der Waals surface area contributed by atoms with Crippen molar-refractivity contribution in [1.29, 1.82) is 0 Å². The molecule has 3 aromatic heterocycles. The summed E-state index contributed by atoms with van der Waals surface area (Å²) >= 11 is 9.63. The van der Waals surface area contributed by atoms with Crippen LogP contribution in [0.4, 0.5) is 5.95 Å². The number of hydrogen-bond acceptors (Lipinski definition) is 21. The van der Waals surface area contributed by atoms with Gasteiger partial charge < -0.3 is 53.9 Å². The van der Waals surface area contributed by atoms with E-state index in [0.29, 0.717) is 38.0 Å². The van der Waals surface area contributed by atoms with E-state index in [2.05, 4.69) is 58.4 Å². The summed E-state index contributed by atoms with van der Waals surface area (Å²) in [5, 5.41) is 21.8. The molecule has 33 heteroatoms. The van der Waals surface area contributed by atoms with Crippen LogP contribution in [-0.2, 0) is 72.8 Å². The molecule has 8 heterocycles. The maximum Gasteiger partial charge on any atom is 0.386 e. The molecule has 0 spiro atoms. The van der Waals surface area contributed by atoms with Crippen LogP contribution in [0.2, 0.25) is 0 Å². The number of rotatable bonds is 18. The Morgan fingerprint density at radius 1 is 0.987 bits per heavy atom. The number of H-pyrrole nitrogens is 1. The van der Waals surface area contributed by atoms with Crippen molar-refractivity contribution in [3.63, 3.8) is 0 Å². The molecule has 1 aliphatic carbocycles. The number of fused-ring (bicyclic) bond motifs is 9. The monoisotopic (exact) mass is 1180 g/mol. The van der Waals surface area contributed by atoms with Crippen LogP contribution in [0.5, 0.6) is 5.88 Å². The van der Waals surface area contributed by atoms with E-state index in [1.54, 1.807) is 19.9 Å². The fourth-order valence-electron chi connectivity index (χ4n) is 9.75. The van der Waals surface area contributed by atoms with E-state index in [1.807, 2.05) is 0 Å². The number of carbonyl (C=O) groups is 7. The third-order valence-corrected chi connectivity index (χ3v) is 17.0. The second-order valence-corrected chi connectivity index (χ2v) is 25.6. The molecule has 5 fully saturated rings. The first-order valence-corrected chi connectivity index (χ1v) is 30.9. The molecule has 0 radical (unpaired) electrons. The molecule has 6 aliphatic rings. The number of imide groups is 1. The largest absolute Gasteiger partial charge is 0.474 e. The third kappa shape index (κ3) is 15.3. The predicted molar refractivity (Wildman–Crippen MR) is 282 cm³/mol. The van der Waals surface area contributed by atoms with Crippen molar-refractivity contribution in [2.75, 3.05) is 38.2 Å². The summed E-state index contributed by atoms with van der Waals surface area (Å²) in [7, 11) is 0. The van der Waals surface area contributed by atoms with Gasteiger partial charge in [0.1, 0.15) is 36.7 Å². The lowest BCUT2D eigenvalue weighted by Gasteiger charge is -2.41. The minimum absolute atomic E-state index is 0.0866. The predicted octanol–water partition coefficient (Wildman–Crippen LogP) is 0.664. The van der Waals surface area contributed by atoms with Crippen molar-refractivity contribution < 1.29 is 75.7 Å². The van der Waals surface area contributed by atoms with E-state index in [9.17, 15) is 52.9 Å². The summed E-state index contributed by atoms with van der Waals surface area (Å²) in [6.07, 6.45) is 2.21. The van der Waals surface area contributed by atoms with Crippen LogP contribution in [0.3, 0.4) is 0 Å². The van der Waals surface area contributed by atoms with Gasteiger partial charge in [0.15, 0.2) is 17.4 Å². The molecule has 4 saturated heterocycles. The van der Waals surface area contributed by atoms with Crippen LogP contribution in [0.15, 0.2) is 41.9 Å². The summed E-state index contributed by atoms with van der Waals surface area (Å²) in [6, 6.07) is -1.63. The molecule has 9 rings (SSSR count). The van der Waals surface area contributed by atoms with Gasteiger partial charge in [-0.3, -0.25) is 62.6 Å². The van der Waals surface area contributed by atoms with Gasteiger partial charge in [-0.05, 0) is 56.8 Å². The summed E-state index contributed by atoms with van der Waals surface area (Å²) in [4.78, 5) is 136. The van der Waals surface area contributed by atoms with Gasteiger partial charge in [0.25, 0.3) is 17.4 Å². The van der Waals surface area contributed by atoms with E-state index < -0.39 is 123 Å². The lowest BCUT2D eigenvalue weighted by atomic mass is 10.0. The van der Waals surface area contributed by atoms with E-state index in [4.69, 9.17) is 39.4 Å². The number of thiol groups is 1. The van der Waals surface area contributed by atoms with E-state index >= 15 is 0 Å².